The largest absolute Gasteiger partial charge is 0.494 e. The lowest BCUT2D eigenvalue weighted by Crippen LogP contribution is -2.57. The molecule has 3 aromatic heterocycles. The van der Waals surface area contributed by atoms with Gasteiger partial charge in [-0.05, 0) is 92.3 Å². The van der Waals surface area contributed by atoms with Crippen molar-refractivity contribution in [1.82, 2.24) is 28.9 Å². The first-order valence-electron chi connectivity index (χ1n) is 19.5. The molecule has 57 heavy (non-hydrogen) atoms. The van der Waals surface area contributed by atoms with Crippen molar-refractivity contribution in [2.75, 3.05) is 26.7 Å². The monoisotopic (exact) mass is 847 g/mol. The number of fused-ring (bicyclic) bond motifs is 4. The minimum Gasteiger partial charge on any atom is -0.494 e. The summed E-state index contributed by atoms with van der Waals surface area (Å²) in [6, 6.07) is 23.5. The maximum absolute atomic E-state index is 14.6. The van der Waals surface area contributed by atoms with Crippen molar-refractivity contribution in [2.24, 2.45) is 23.5 Å². The van der Waals surface area contributed by atoms with Gasteiger partial charge in [-0.2, -0.15) is 0 Å². The number of sulfone groups is 1. The van der Waals surface area contributed by atoms with Crippen LogP contribution in [0.2, 0.25) is 0 Å². The number of pyridine rings is 1. The van der Waals surface area contributed by atoms with Gasteiger partial charge in [0.25, 0.3) is 11.8 Å². The first-order valence-corrected chi connectivity index (χ1v) is 21.8. The molecule has 12 nitrogen and oxygen atoms in total. The second-order valence-electron chi connectivity index (χ2n) is 16.1. The van der Waals surface area contributed by atoms with Crippen molar-refractivity contribution >= 4 is 59.5 Å². The van der Waals surface area contributed by atoms with Crippen LogP contribution in [0.4, 0.5) is 0 Å². The van der Waals surface area contributed by atoms with Crippen LogP contribution in [-0.4, -0.2) is 86.8 Å². The molecule has 5 heterocycles. The summed E-state index contributed by atoms with van der Waals surface area (Å²) in [7, 11) is -2.39. The van der Waals surface area contributed by atoms with Crippen LogP contribution in [0.1, 0.15) is 46.4 Å². The van der Waals surface area contributed by atoms with Gasteiger partial charge in [-0.25, -0.2) is 13.4 Å². The van der Waals surface area contributed by atoms with Gasteiger partial charge in [0.1, 0.15) is 16.1 Å². The van der Waals surface area contributed by atoms with Crippen LogP contribution in [0.25, 0.3) is 33.5 Å². The number of methoxy groups -OCH3 is 1. The fourth-order valence-electron chi connectivity index (χ4n) is 9.50. The Morgan fingerprint density at radius 2 is 1.65 bits per heavy atom. The first kappa shape index (κ1) is 36.3. The number of piperidine rings is 1. The molecule has 10 rings (SSSR count). The standard InChI is InChI=1S/C43H42BrN7O5S/c1-56-37-19-30(42(53)50-25-31-10-15-38(50)43(31,45)57(54,55)33-13-11-32(44)12-14-33)17-34-39(37)51(24-27-21-48(22-27)41(52)29-6-4-16-46-20-29)40(47-34)36-18-28-5-2-3-7-35(28)49(36)23-26-8-9-26/h2-7,11-14,16-20,26-27,31,38H,8-10,15,21-25,45H2,1H3/t31?,38?,43-/m1/s1. The molecule has 2 saturated heterocycles. The van der Waals surface area contributed by atoms with Crippen LogP contribution in [0.5, 0.6) is 5.75 Å². The summed E-state index contributed by atoms with van der Waals surface area (Å²) in [5.74, 6) is 1.27. The van der Waals surface area contributed by atoms with Crippen molar-refractivity contribution in [2.45, 2.75) is 54.6 Å². The van der Waals surface area contributed by atoms with Crippen LogP contribution < -0.4 is 10.5 Å². The van der Waals surface area contributed by atoms with E-state index in [4.69, 9.17) is 15.5 Å². The van der Waals surface area contributed by atoms with Crippen LogP contribution in [-0.2, 0) is 22.9 Å². The summed E-state index contributed by atoms with van der Waals surface area (Å²) in [4.78, 5) is 39.3. The van der Waals surface area contributed by atoms with E-state index in [2.05, 4.69) is 54.3 Å². The fraction of sp³-hybridized carbons (Fsp3) is 0.349. The summed E-state index contributed by atoms with van der Waals surface area (Å²) in [5.41, 5.74) is 11.4. The predicted molar refractivity (Wildman–Crippen MR) is 219 cm³/mol. The number of ether oxygens (including phenoxy) is 1. The summed E-state index contributed by atoms with van der Waals surface area (Å²) in [5, 5.41) is 1.12. The number of para-hydroxylation sites is 1. The van der Waals surface area contributed by atoms with E-state index >= 15 is 0 Å². The summed E-state index contributed by atoms with van der Waals surface area (Å²) < 4.78 is 39.7. The average molecular weight is 849 g/mol. The van der Waals surface area contributed by atoms with E-state index in [0.29, 0.717) is 60.8 Å². The van der Waals surface area contributed by atoms with E-state index < -0.39 is 26.7 Å². The van der Waals surface area contributed by atoms with Gasteiger partial charge in [0.15, 0.2) is 15.7 Å². The van der Waals surface area contributed by atoms with Crippen LogP contribution >= 0.6 is 15.9 Å². The number of rotatable bonds is 10. The van der Waals surface area contributed by atoms with Crippen molar-refractivity contribution in [3.8, 4) is 17.3 Å². The molecule has 2 unspecified atom stereocenters. The smallest absolute Gasteiger partial charge is 0.255 e. The SMILES string of the molecule is COc1cc(C(=O)N2CC3CCC2[C@]3(N)S(=O)(=O)c2ccc(Br)cc2)cc2nc(-c3cc4ccccc4n3CC3CC3)n(CC3CN(C(=O)c4cccnc4)C3)c12. The maximum atomic E-state index is 14.6. The topological polar surface area (TPSA) is 146 Å². The average Bonchev–Trinajstić information content (AvgIpc) is 3.60. The summed E-state index contributed by atoms with van der Waals surface area (Å²) >= 11 is 3.39. The van der Waals surface area contributed by atoms with E-state index in [0.717, 1.165) is 39.0 Å². The van der Waals surface area contributed by atoms with Gasteiger partial charge < -0.3 is 29.4 Å². The number of hydrogen-bond acceptors (Lipinski definition) is 8. The van der Waals surface area contributed by atoms with E-state index in [1.165, 1.54) is 12.8 Å². The Morgan fingerprint density at radius 1 is 0.877 bits per heavy atom. The van der Waals surface area contributed by atoms with Crippen molar-refractivity contribution in [3.05, 3.63) is 107 Å². The minimum absolute atomic E-state index is 0.0397. The van der Waals surface area contributed by atoms with Gasteiger partial charge in [0.2, 0.25) is 0 Å². The molecule has 3 aromatic carbocycles. The molecule has 2 N–H and O–H groups in total. The van der Waals surface area contributed by atoms with Gasteiger partial charge in [-0.3, -0.25) is 14.6 Å². The van der Waals surface area contributed by atoms with Gasteiger partial charge in [-0.15, -0.1) is 0 Å². The number of imidazole rings is 1. The lowest BCUT2D eigenvalue weighted by molar-refractivity contribution is 0.0471. The summed E-state index contributed by atoms with van der Waals surface area (Å²) in [6.45, 7) is 2.87. The molecule has 3 atom stereocenters. The number of nitrogens with zero attached hydrogens (tertiary/aromatic N) is 6. The van der Waals surface area contributed by atoms with E-state index in [1.807, 2.05) is 11.0 Å². The second-order valence-corrected chi connectivity index (χ2v) is 19.2. The number of nitrogens with two attached hydrogens (primary N) is 1. The third-order valence-corrected chi connectivity index (χ3v) is 15.6. The Hall–Kier alpha value is -5.05. The Kier molecular flexibility index (Phi) is 8.61. The lowest BCUT2D eigenvalue weighted by Gasteiger charge is -2.39. The number of aromatic nitrogens is 4. The highest BCUT2D eigenvalue weighted by Crippen LogP contribution is 2.50. The zero-order chi connectivity index (χ0) is 39.2. The normalized spacial score (nSPS) is 22.1. The Morgan fingerprint density at radius 3 is 2.39 bits per heavy atom. The third-order valence-electron chi connectivity index (χ3n) is 12.6. The zero-order valence-electron chi connectivity index (χ0n) is 31.4. The maximum Gasteiger partial charge on any atom is 0.255 e. The lowest BCUT2D eigenvalue weighted by atomic mass is 9.98. The molecular weight excluding hydrogens is 806 g/mol. The number of benzene rings is 3. The second kappa shape index (κ2) is 13.5. The molecule has 2 aliphatic heterocycles. The molecule has 0 spiro atoms. The highest BCUT2D eigenvalue weighted by Gasteiger charge is 2.64. The molecular formula is C43H42BrN7O5S. The molecule has 4 fully saturated rings. The molecule has 2 saturated carbocycles. The molecule has 2 amide bonds. The van der Waals surface area contributed by atoms with Gasteiger partial charge in [0.05, 0.1) is 34.8 Å². The van der Waals surface area contributed by atoms with Gasteiger partial charge in [-0.1, -0.05) is 34.1 Å². The number of carbonyl (C=O) groups is 2. The first-order chi connectivity index (χ1) is 27.5. The Balaban J connectivity index is 1.03. The highest BCUT2D eigenvalue weighted by molar-refractivity contribution is 9.10. The quantitative estimate of drug-likeness (QED) is 0.168. The van der Waals surface area contributed by atoms with Crippen molar-refractivity contribution in [3.63, 3.8) is 0 Å². The number of amides is 2. The number of likely N-dealkylation sites (tertiary alicyclic amines) is 2. The van der Waals surface area contributed by atoms with E-state index in [-0.39, 0.29) is 29.2 Å². The summed E-state index contributed by atoms with van der Waals surface area (Å²) in [6.07, 6.45) is 6.76. The number of halogens is 1. The number of hydrogen-bond donors (Lipinski definition) is 1. The molecule has 0 radical (unpaired) electrons. The van der Waals surface area contributed by atoms with Gasteiger partial charge in [0, 0.05) is 77.9 Å². The van der Waals surface area contributed by atoms with E-state index in [9.17, 15) is 18.0 Å². The number of carbonyl (C=O) groups excluding carboxylic acids is 2. The Labute approximate surface area is 338 Å². The van der Waals surface area contributed by atoms with Crippen LogP contribution in [0, 0.1) is 17.8 Å². The van der Waals surface area contributed by atoms with Crippen molar-refractivity contribution in [1.29, 1.82) is 0 Å². The molecule has 6 aromatic rings. The molecule has 2 aliphatic carbocycles. The fourth-order valence-corrected chi connectivity index (χ4v) is 11.9. The third kappa shape index (κ3) is 5.81. The van der Waals surface area contributed by atoms with Gasteiger partial charge >= 0.3 is 0 Å². The zero-order valence-corrected chi connectivity index (χ0v) is 33.8. The molecule has 292 valence electrons. The van der Waals surface area contributed by atoms with E-state index in [1.54, 1.807) is 72.9 Å². The van der Waals surface area contributed by atoms with Crippen LogP contribution in [0.15, 0.2) is 101 Å². The highest BCUT2D eigenvalue weighted by atomic mass is 79.9. The molecule has 14 heteroatoms. The Bertz CT molecular complexity index is 2690. The minimum atomic E-state index is -3.98. The molecule has 2 bridgehead atoms. The van der Waals surface area contributed by atoms with Crippen LogP contribution in [0.3, 0.4) is 0 Å². The molecule has 4 aliphatic rings. The van der Waals surface area contributed by atoms with Crippen molar-refractivity contribution < 1.29 is 22.7 Å². The predicted octanol–water partition coefficient (Wildman–Crippen LogP) is 6.37.